The first kappa shape index (κ1) is 13.1. The van der Waals surface area contributed by atoms with E-state index in [1.165, 1.54) is 6.42 Å². The van der Waals surface area contributed by atoms with E-state index in [1.54, 1.807) is 12.4 Å². The smallest absolute Gasteiger partial charge is 0.221 e. The third-order valence-electron chi connectivity index (χ3n) is 3.98. The highest BCUT2D eigenvalue weighted by Crippen LogP contribution is 2.42. The number of nitrogens with two attached hydrogens (primary N) is 1. The van der Waals surface area contributed by atoms with Crippen LogP contribution in [-0.2, 0) is 4.79 Å². The maximum Gasteiger partial charge on any atom is 0.221 e. The van der Waals surface area contributed by atoms with Crippen LogP contribution >= 0.6 is 0 Å². The second kappa shape index (κ2) is 5.52. The average molecular weight is 250 g/mol. The largest absolute Gasteiger partial charge is 0.347 e. The summed E-state index contributed by atoms with van der Waals surface area (Å²) in [7, 11) is 0. The van der Waals surface area contributed by atoms with Crippen LogP contribution in [0.25, 0.3) is 0 Å². The summed E-state index contributed by atoms with van der Waals surface area (Å²) in [5.41, 5.74) is 5.84. The van der Waals surface area contributed by atoms with Crippen LogP contribution in [0.5, 0.6) is 0 Å². The lowest BCUT2D eigenvalue weighted by atomic mass is 9.66. The summed E-state index contributed by atoms with van der Waals surface area (Å²) in [5, 5.41) is 3.04. The Hall–Kier alpha value is -1.36. The fraction of sp³-hybridized carbons (Fsp3) is 0.692. The Morgan fingerprint density at radius 1 is 1.67 bits per heavy atom. The second-order valence-electron chi connectivity index (χ2n) is 5.24. The van der Waals surface area contributed by atoms with Crippen molar-refractivity contribution in [2.45, 2.75) is 45.1 Å². The number of amides is 1. The van der Waals surface area contributed by atoms with Gasteiger partial charge in [-0.05, 0) is 31.2 Å². The van der Waals surface area contributed by atoms with Crippen LogP contribution in [0, 0.1) is 5.41 Å². The Morgan fingerprint density at radius 2 is 2.44 bits per heavy atom. The zero-order valence-corrected chi connectivity index (χ0v) is 10.9. The minimum atomic E-state index is -0.0256. The van der Waals surface area contributed by atoms with E-state index < -0.39 is 0 Å². The van der Waals surface area contributed by atoms with Gasteiger partial charge in [0.2, 0.25) is 5.91 Å². The van der Waals surface area contributed by atoms with Crippen molar-refractivity contribution in [1.29, 1.82) is 0 Å². The lowest BCUT2D eigenvalue weighted by molar-refractivity contribution is -0.125. The van der Waals surface area contributed by atoms with Crippen LogP contribution in [0.15, 0.2) is 12.4 Å². The molecule has 1 atom stereocenters. The van der Waals surface area contributed by atoms with Crippen LogP contribution in [0.2, 0.25) is 0 Å². The molecule has 1 aromatic rings. The number of rotatable bonds is 6. The molecule has 1 fully saturated rings. The minimum absolute atomic E-state index is 0.0256. The zero-order valence-electron chi connectivity index (χ0n) is 10.9. The number of aromatic amines is 1. The van der Waals surface area contributed by atoms with Crippen molar-refractivity contribution < 1.29 is 4.79 Å². The Bertz CT molecular complexity index is 378. The van der Waals surface area contributed by atoms with Gasteiger partial charge in [-0.2, -0.15) is 0 Å². The molecule has 18 heavy (non-hydrogen) atoms. The summed E-state index contributed by atoms with van der Waals surface area (Å²) >= 11 is 0. The summed E-state index contributed by atoms with van der Waals surface area (Å²) in [6, 6.07) is -0.0256. The van der Waals surface area contributed by atoms with Crippen molar-refractivity contribution in [1.82, 2.24) is 15.3 Å². The SMILES string of the molecule is CCC(NC(=O)CC1(CN)CCC1)c1ncc[nH]1. The van der Waals surface area contributed by atoms with Crippen molar-refractivity contribution in [2.24, 2.45) is 11.1 Å². The van der Waals surface area contributed by atoms with Gasteiger partial charge in [-0.25, -0.2) is 4.98 Å². The zero-order chi connectivity index (χ0) is 13.0. The molecule has 0 radical (unpaired) electrons. The molecular formula is C13H22N4O. The van der Waals surface area contributed by atoms with Gasteiger partial charge >= 0.3 is 0 Å². The van der Waals surface area contributed by atoms with Gasteiger partial charge < -0.3 is 16.0 Å². The third-order valence-corrected chi connectivity index (χ3v) is 3.98. The summed E-state index contributed by atoms with van der Waals surface area (Å²) in [6.45, 7) is 2.65. The number of nitrogens with one attached hydrogen (secondary N) is 2. The molecule has 4 N–H and O–H groups in total. The first-order chi connectivity index (χ1) is 8.69. The van der Waals surface area contributed by atoms with Gasteiger partial charge in [-0.15, -0.1) is 0 Å². The van der Waals surface area contributed by atoms with E-state index in [9.17, 15) is 4.79 Å². The number of aromatic nitrogens is 2. The van der Waals surface area contributed by atoms with E-state index in [0.29, 0.717) is 13.0 Å². The van der Waals surface area contributed by atoms with Crippen molar-refractivity contribution in [3.8, 4) is 0 Å². The molecule has 0 spiro atoms. The van der Waals surface area contributed by atoms with E-state index >= 15 is 0 Å². The maximum atomic E-state index is 12.1. The van der Waals surface area contributed by atoms with Gasteiger partial charge in [0.15, 0.2) is 0 Å². The van der Waals surface area contributed by atoms with Crippen LogP contribution in [-0.4, -0.2) is 22.4 Å². The number of hydrogen-bond donors (Lipinski definition) is 3. The standard InChI is InChI=1S/C13H22N4O/c1-2-10(12-15-6-7-16-12)17-11(18)8-13(9-14)4-3-5-13/h6-7,10H,2-5,8-9,14H2,1H3,(H,15,16)(H,17,18). The van der Waals surface area contributed by atoms with Crippen molar-refractivity contribution in [2.75, 3.05) is 6.54 Å². The van der Waals surface area contributed by atoms with E-state index in [0.717, 1.165) is 25.1 Å². The first-order valence-electron chi connectivity index (χ1n) is 6.68. The Balaban J connectivity index is 1.90. The van der Waals surface area contributed by atoms with Crippen molar-refractivity contribution in [3.63, 3.8) is 0 Å². The number of carbonyl (C=O) groups is 1. The molecule has 100 valence electrons. The molecule has 1 unspecified atom stereocenters. The lowest BCUT2D eigenvalue weighted by Crippen LogP contribution is -2.42. The highest BCUT2D eigenvalue weighted by atomic mass is 16.1. The number of H-pyrrole nitrogens is 1. The Labute approximate surface area is 108 Å². The first-order valence-corrected chi connectivity index (χ1v) is 6.68. The molecular weight excluding hydrogens is 228 g/mol. The molecule has 1 aliphatic carbocycles. The highest BCUT2D eigenvalue weighted by molar-refractivity contribution is 5.77. The van der Waals surface area contributed by atoms with Gasteiger partial charge in [0.05, 0.1) is 6.04 Å². The van der Waals surface area contributed by atoms with E-state index in [4.69, 9.17) is 5.73 Å². The average Bonchev–Trinajstić information content (AvgIpc) is 2.84. The molecule has 5 heteroatoms. The molecule has 1 aliphatic rings. The van der Waals surface area contributed by atoms with Crippen LogP contribution in [0.3, 0.4) is 0 Å². The predicted molar refractivity (Wildman–Crippen MR) is 69.7 cm³/mol. The van der Waals surface area contributed by atoms with Crippen LogP contribution < -0.4 is 11.1 Å². The van der Waals surface area contributed by atoms with E-state index in [1.807, 2.05) is 6.92 Å². The summed E-state index contributed by atoms with van der Waals surface area (Å²) in [5.74, 6) is 0.907. The van der Waals surface area contributed by atoms with Gasteiger partial charge in [-0.1, -0.05) is 13.3 Å². The molecule has 1 amide bonds. The quantitative estimate of drug-likeness (QED) is 0.715. The monoisotopic (exact) mass is 250 g/mol. The number of nitrogens with zero attached hydrogens (tertiary/aromatic N) is 1. The molecule has 0 bridgehead atoms. The number of carbonyl (C=O) groups excluding carboxylic acids is 1. The second-order valence-corrected chi connectivity index (χ2v) is 5.24. The summed E-state index contributed by atoms with van der Waals surface area (Å²) in [6.07, 6.45) is 8.20. The normalized spacial score (nSPS) is 19.0. The summed E-state index contributed by atoms with van der Waals surface area (Å²) < 4.78 is 0. The lowest BCUT2D eigenvalue weighted by Gasteiger charge is -2.40. The van der Waals surface area contributed by atoms with Crippen molar-refractivity contribution in [3.05, 3.63) is 18.2 Å². The van der Waals surface area contributed by atoms with Gasteiger partial charge in [0, 0.05) is 18.8 Å². The molecule has 5 nitrogen and oxygen atoms in total. The maximum absolute atomic E-state index is 12.1. The topological polar surface area (TPSA) is 83.8 Å². The molecule has 2 rings (SSSR count). The van der Waals surface area contributed by atoms with Crippen LogP contribution in [0.1, 0.15) is 50.9 Å². The fourth-order valence-corrected chi connectivity index (χ4v) is 2.55. The van der Waals surface area contributed by atoms with Crippen LogP contribution in [0.4, 0.5) is 0 Å². The van der Waals surface area contributed by atoms with E-state index in [2.05, 4.69) is 15.3 Å². The molecule has 1 aromatic heterocycles. The number of imidazole rings is 1. The Morgan fingerprint density at radius 3 is 2.89 bits per heavy atom. The molecule has 0 aromatic carbocycles. The van der Waals surface area contributed by atoms with Gasteiger partial charge in [0.25, 0.3) is 0 Å². The molecule has 1 heterocycles. The van der Waals surface area contributed by atoms with Gasteiger partial charge in [-0.3, -0.25) is 4.79 Å². The fourth-order valence-electron chi connectivity index (χ4n) is 2.55. The minimum Gasteiger partial charge on any atom is -0.347 e. The predicted octanol–water partition coefficient (Wildman–Crippen LogP) is 1.50. The van der Waals surface area contributed by atoms with Gasteiger partial charge in [0.1, 0.15) is 5.82 Å². The number of hydrogen-bond acceptors (Lipinski definition) is 3. The van der Waals surface area contributed by atoms with E-state index in [-0.39, 0.29) is 17.4 Å². The molecule has 0 aliphatic heterocycles. The highest BCUT2D eigenvalue weighted by Gasteiger charge is 2.37. The Kier molecular flexibility index (Phi) is 4.01. The summed E-state index contributed by atoms with van der Waals surface area (Å²) in [4.78, 5) is 19.3. The molecule has 1 saturated carbocycles. The van der Waals surface area contributed by atoms with Crippen molar-refractivity contribution >= 4 is 5.91 Å². The molecule has 0 saturated heterocycles. The third kappa shape index (κ3) is 2.72.